The molecule has 4 nitrogen and oxygen atoms in total. The number of hydrogen-bond donors (Lipinski definition) is 3. The van der Waals surface area contributed by atoms with Crippen molar-refractivity contribution < 1.29 is 20.4 Å². The number of fused-ring (bicyclic) bond motifs is 1. The number of aliphatic hydroxyl groups excluding tert-OH is 2. The van der Waals surface area contributed by atoms with Crippen LogP contribution in [-0.4, -0.2) is 38.2 Å². The molecule has 3 N–H and O–H groups in total. The molecule has 7 unspecified atom stereocenters. The summed E-state index contributed by atoms with van der Waals surface area (Å²) in [5.41, 5.74) is 0.185. The minimum atomic E-state index is -0.896. The minimum Gasteiger partial charge on any atom is -0.392 e. The molecule has 1 saturated carbocycles. The van der Waals surface area contributed by atoms with Crippen LogP contribution in [0, 0.1) is 23.7 Å². The van der Waals surface area contributed by atoms with Crippen LogP contribution in [0.4, 0.5) is 0 Å². The Balaban J connectivity index is 2.12. The third-order valence-electron chi connectivity index (χ3n) is 6.38. The van der Waals surface area contributed by atoms with Crippen molar-refractivity contribution in [1.82, 2.24) is 0 Å². The minimum absolute atomic E-state index is 0.0247. The second kappa shape index (κ2) is 7.69. The van der Waals surface area contributed by atoms with Gasteiger partial charge in [0.05, 0.1) is 17.1 Å². The van der Waals surface area contributed by atoms with Crippen LogP contribution in [0.3, 0.4) is 0 Å². The van der Waals surface area contributed by atoms with Crippen LogP contribution in [0.5, 0.6) is 0 Å². The van der Waals surface area contributed by atoms with E-state index in [2.05, 4.69) is 13.5 Å². The van der Waals surface area contributed by atoms with Gasteiger partial charge in [-0.05, 0) is 58.3 Å². The maximum atomic E-state index is 11.1. The van der Waals surface area contributed by atoms with Crippen molar-refractivity contribution in [1.29, 1.82) is 0 Å². The van der Waals surface area contributed by atoms with Crippen LogP contribution in [0.1, 0.15) is 53.4 Å². The van der Waals surface area contributed by atoms with Gasteiger partial charge < -0.3 is 10.2 Å². The molecule has 0 radical (unpaired) electrons. The summed E-state index contributed by atoms with van der Waals surface area (Å²) >= 11 is 6.19. The maximum Gasteiger partial charge on any atom is 0.125 e. The first-order valence-corrected chi connectivity index (χ1v) is 9.63. The Morgan fingerprint density at radius 3 is 2.64 bits per heavy atom. The molecule has 5 heteroatoms. The molecule has 7 atom stereocenters. The largest absolute Gasteiger partial charge is 0.392 e. The molecule has 0 amide bonds. The topological polar surface area (TPSA) is 69.9 Å². The van der Waals surface area contributed by atoms with Crippen LogP contribution in [0.2, 0.25) is 0 Å². The molecule has 0 spiro atoms. The average molecular weight is 373 g/mol. The standard InChI is InChI=1S/C20H33ClO4/c1-12-6-8-15(13(2)7-9-16(22)19(3,4)21)18(23)17-14(12)10-11-20(17,5)25-24/h10-11,13-18,22-24H,1,6-9H2,2-5H3. The fraction of sp³-hybridized carbons (Fsp3) is 0.800. The number of halogens is 1. The second-order valence-electron chi connectivity index (χ2n) is 8.67. The first-order chi connectivity index (χ1) is 11.5. The molecule has 0 aliphatic heterocycles. The van der Waals surface area contributed by atoms with Gasteiger partial charge in [0.15, 0.2) is 0 Å². The van der Waals surface area contributed by atoms with Gasteiger partial charge in [0, 0.05) is 11.8 Å². The lowest BCUT2D eigenvalue weighted by molar-refractivity contribution is -0.322. The Morgan fingerprint density at radius 1 is 1.44 bits per heavy atom. The van der Waals surface area contributed by atoms with Gasteiger partial charge in [-0.1, -0.05) is 31.2 Å². The molecule has 2 aliphatic carbocycles. The SMILES string of the molecule is C=C1CCC(C(C)CCC(O)C(C)(C)Cl)C(O)C2C1C=CC2(C)OO. The zero-order chi connectivity index (χ0) is 19.0. The monoisotopic (exact) mass is 372 g/mol. The van der Waals surface area contributed by atoms with Gasteiger partial charge in [0.25, 0.3) is 0 Å². The van der Waals surface area contributed by atoms with Crippen molar-refractivity contribution >= 4 is 11.6 Å². The molecule has 25 heavy (non-hydrogen) atoms. The first kappa shape index (κ1) is 20.9. The van der Waals surface area contributed by atoms with Crippen molar-refractivity contribution in [2.75, 3.05) is 0 Å². The van der Waals surface area contributed by atoms with Crippen molar-refractivity contribution in [3.8, 4) is 0 Å². The molecule has 0 bridgehead atoms. The Hall–Kier alpha value is -0.390. The highest BCUT2D eigenvalue weighted by atomic mass is 35.5. The number of alkyl halides is 1. The molecule has 0 aromatic carbocycles. The van der Waals surface area contributed by atoms with E-state index in [9.17, 15) is 15.5 Å². The van der Waals surface area contributed by atoms with E-state index in [4.69, 9.17) is 16.5 Å². The summed E-state index contributed by atoms with van der Waals surface area (Å²) < 4.78 is 0. The number of hydrogen-bond acceptors (Lipinski definition) is 4. The molecule has 144 valence electrons. The van der Waals surface area contributed by atoms with Crippen LogP contribution in [-0.2, 0) is 4.89 Å². The lowest BCUT2D eigenvalue weighted by Crippen LogP contribution is -2.46. The van der Waals surface area contributed by atoms with E-state index in [0.29, 0.717) is 6.42 Å². The summed E-state index contributed by atoms with van der Waals surface area (Å²) in [6.45, 7) is 11.7. The lowest BCUT2D eigenvalue weighted by atomic mass is 9.73. The Bertz CT molecular complexity index is 512. The van der Waals surface area contributed by atoms with Gasteiger partial charge in [-0.2, -0.15) is 0 Å². The summed E-state index contributed by atoms with van der Waals surface area (Å²) in [5.74, 6) is 0.0663. The van der Waals surface area contributed by atoms with Crippen molar-refractivity contribution in [2.24, 2.45) is 23.7 Å². The Kier molecular flexibility index (Phi) is 6.44. The fourth-order valence-electron chi connectivity index (χ4n) is 4.47. The third-order valence-corrected chi connectivity index (χ3v) is 6.63. The number of allylic oxidation sites excluding steroid dienone is 2. The van der Waals surface area contributed by atoms with E-state index in [1.54, 1.807) is 6.92 Å². The maximum absolute atomic E-state index is 11.1. The summed E-state index contributed by atoms with van der Waals surface area (Å²) in [4.78, 5) is 4.12. The summed E-state index contributed by atoms with van der Waals surface area (Å²) in [5, 5.41) is 30.7. The molecular weight excluding hydrogens is 340 g/mol. The molecule has 2 rings (SSSR count). The lowest BCUT2D eigenvalue weighted by Gasteiger charge is -2.38. The normalized spacial score (nSPS) is 38.3. The van der Waals surface area contributed by atoms with Gasteiger partial charge in [-0.25, -0.2) is 4.89 Å². The Morgan fingerprint density at radius 2 is 2.08 bits per heavy atom. The highest BCUT2D eigenvalue weighted by molar-refractivity contribution is 6.23. The second-order valence-corrected chi connectivity index (χ2v) is 9.65. The summed E-state index contributed by atoms with van der Waals surface area (Å²) in [6.07, 6.45) is 5.73. The van der Waals surface area contributed by atoms with Gasteiger partial charge in [0.2, 0.25) is 0 Å². The first-order valence-electron chi connectivity index (χ1n) is 9.26. The van der Waals surface area contributed by atoms with Crippen LogP contribution < -0.4 is 0 Å². The summed E-state index contributed by atoms with van der Waals surface area (Å²) in [7, 11) is 0. The third kappa shape index (κ3) is 4.30. The summed E-state index contributed by atoms with van der Waals surface area (Å²) in [6, 6.07) is 0. The van der Waals surface area contributed by atoms with Gasteiger partial charge in [-0.3, -0.25) is 5.26 Å². The van der Waals surface area contributed by atoms with E-state index in [1.165, 1.54) is 0 Å². The predicted octanol–water partition coefficient (Wildman–Crippen LogP) is 4.16. The quantitative estimate of drug-likeness (QED) is 0.283. The van der Waals surface area contributed by atoms with Gasteiger partial charge >= 0.3 is 0 Å². The molecular formula is C20H33ClO4. The van der Waals surface area contributed by atoms with E-state index < -0.39 is 22.7 Å². The molecule has 0 heterocycles. The van der Waals surface area contributed by atoms with Crippen LogP contribution in [0.25, 0.3) is 0 Å². The van der Waals surface area contributed by atoms with Gasteiger partial charge in [0.1, 0.15) is 5.60 Å². The molecule has 0 saturated heterocycles. The number of rotatable bonds is 6. The van der Waals surface area contributed by atoms with Gasteiger partial charge in [-0.15, -0.1) is 11.6 Å². The zero-order valence-electron chi connectivity index (χ0n) is 15.8. The molecule has 0 aromatic heterocycles. The highest BCUT2D eigenvalue weighted by Gasteiger charge is 2.51. The van der Waals surface area contributed by atoms with Crippen LogP contribution >= 0.6 is 11.6 Å². The zero-order valence-corrected chi connectivity index (χ0v) is 16.5. The number of aliphatic hydroxyl groups is 2. The van der Waals surface area contributed by atoms with E-state index in [0.717, 1.165) is 24.8 Å². The van der Waals surface area contributed by atoms with Crippen LogP contribution in [0.15, 0.2) is 24.3 Å². The molecule has 1 fully saturated rings. The van der Waals surface area contributed by atoms with Crippen molar-refractivity contribution in [3.05, 3.63) is 24.3 Å². The molecule has 2 aliphatic rings. The van der Waals surface area contributed by atoms with Crippen molar-refractivity contribution in [3.63, 3.8) is 0 Å². The Labute approximate surface area is 156 Å². The van der Waals surface area contributed by atoms with Crippen molar-refractivity contribution in [2.45, 2.75) is 76.1 Å². The van der Waals surface area contributed by atoms with E-state index >= 15 is 0 Å². The average Bonchev–Trinajstić information content (AvgIpc) is 2.83. The fourth-order valence-corrected chi connectivity index (χ4v) is 4.58. The van der Waals surface area contributed by atoms with E-state index in [1.807, 2.05) is 26.0 Å². The smallest absolute Gasteiger partial charge is 0.125 e. The predicted molar refractivity (Wildman–Crippen MR) is 100 cm³/mol. The molecule has 0 aromatic rings. The highest BCUT2D eigenvalue weighted by Crippen LogP contribution is 2.49. The van der Waals surface area contributed by atoms with E-state index in [-0.39, 0.29) is 23.7 Å².